The van der Waals surface area contributed by atoms with Crippen molar-refractivity contribution in [2.45, 2.75) is 19.1 Å². The Bertz CT molecular complexity index is 404. The lowest BCUT2D eigenvalue weighted by molar-refractivity contribution is -0.307. The van der Waals surface area contributed by atoms with Gasteiger partial charge in [-0.05, 0) is 17.7 Å². The quantitative estimate of drug-likeness (QED) is 0.770. The third-order valence-corrected chi connectivity index (χ3v) is 2.53. The molecule has 92 valence electrons. The van der Waals surface area contributed by atoms with E-state index < -0.39 is 24.4 Å². The van der Waals surface area contributed by atoms with Crippen molar-refractivity contribution < 1.29 is 19.4 Å². The third kappa shape index (κ3) is 4.97. The Labute approximate surface area is 107 Å². The van der Waals surface area contributed by atoms with E-state index in [0.717, 1.165) is 10.0 Å². The summed E-state index contributed by atoms with van der Waals surface area (Å²) in [4.78, 5) is 21.5. The van der Waals surface area contributed by atoms with Gasteiger partial charge in [0.05, 0.1) is 18.4 Å². The number of carboxylic acids is 1. The Morgan fingerprint density at radius 2 is 1.94 bits per heavy atom. The molecule has 0 aromatic heterocycles. The zero-order chi connectivity index (χ0) is 12.8. The van der Waals surface area contributed by atoms with Crippen LogP contribution in [-0.2, 0) is 20.9 Å². The lowest BCUT2D eigenvalue weighted by Gasteiger charge is -2.11. The van der Waals surface area contributed by atoms with Crippen LogP contribution in [0, 0.1) is 0 Å². The van der Waals surface area contributed by atoms with Gasteiger partial charge in [-0.1, -0.05) is 28.1 Å². The molecule has 0 aliphatic carbocycles. The van der Waals surface area contributed by atoms with Crippen LogP contribution >= 0.6 is 15.9 Å². The maximum atomic E-state index is 11.2. The molecule has 0 saturated heterocycles. The van der Waals surface area contributed by atoms with E-state index >= 15 is 0 Å². The molecule has 1 rings (SSSR count). The molecule has 17 heavy (non-hydrogen) atoms. The minimum Gasteiger partial charge on any atom is -0.548 e. The molecule has 1 aromatic rings. The molecule has 6 heteroatoms. The first kappa shape index (κ1) is 13.7. The molecule has 1 aromatic carbocycles. The first-order valence-electron chi connectivity index (χ1n) is 4.85. The summed E-state index contributed by atoms with van der Waals surface area (Å²) < 4.78 is 5.79. The van der Waals surface area contributed by atoms with Crippen molar-refractivity contribution in [2.24, 2.45) is 5.73 Å². The minimum atomic E-state index is -1.47. The Morgan fingerprint density at radius 3 is 2.47 bits per heavy atom. The largest absolute Gasteiger partial charge is 0.548 e. The van der Waals surface area contributed by atoms with E-state index in [2.05, 4.69) is 15.9 Å². The van der Waals surface area contributed by atoms with E-state index in [-0.39, 0.29) is 6.61 Å². The molecule has 0 heterocycles. The first-order chi connectivity index (χ1) is 7.99. The minimum absolute atomic E-state index is 0.0892. The fourth-order valence-electron chi connectivity index (χ4n) is 1.07. The van der Waals surface area contributed by atoms with E-state index in [4.69, 9.17) is 10.5 Å². The van der Waals surface area contributed by atoms with Gasteiger partial charge in [0, 0.05) is 4.47 Å². The number of nitrogens with two attached hydrogens (primary N) is 1. The van der Waals surface area contributed by atoms with E-state index in [9.17, 15) is 14.7 Å². The SMILES string of the molecule is N[C@@H](CC(=O)OCc1ccc(Br)cc1)C(=O)[O-]. The van der Waals surface area contributed by atoms with Crippen molar-refractivity contribution >= 4 is 27.9 Å². The van der Waals surface area contributed by atoms with Gasteiger partial charge in [-0.2, -0.15) is 0 Å². The number of benzene rings is 1. The van der Waals surface area contributed by atoms with Crippen LogP contribution in [-0.4, -0.2) is 18.0 Å². The summed E-state index contributed by atoms with van der Waals surface area (Å²) in [7, 11) is 0. The number of carboxylic acid groups (broad SMARTS) is 1. The highest BCUT2D eigenvalue weighted by Crippen LogP contribution is 2.11. The summed E-state index contributed by atoms with van der Waals surface area (Å²) in [6.45, 7) is 0.0892. The molecule has 0 amide bonds. The van der Waals surface area contributed by atoms with Gasteiger partial charge in [-0.3, -0.25) is 4.79 Å². The number of hydrogen-bond donors (Lipinski definition) is 1. The van der Waals surface area contributed by atoms with Crippen LogP contribution in [0.3, 0.4) is 0 Å². The van der Waals surface area contributed by atoms with Crippen molar-refractivity contribution in [3.8, 4) is 0 Å². The molecule has 0 bridgehead atoms. The second-order valence-electron chi connectivity index (χ2n) is 3.42. The van der Waals surface area contributed by atoms with Gasteiger partial charge in [0.15, 0.2) is 0 Å². The van der Waals surface area contributed by atoms with Crippen molar-refractivity contribution in [3.63, 3.8) is 0 Å². The molecule has 0 unspecified atom stereocenters. The number of aliphatic carboxylic acids is 1. The van der Waals surface area contributed by atoms with E-state index in [1.165, 1.54) is 0 Å². The number of hydrogen-bond acceptors (Lipinski definition) is 5. The summed E-state index contributed by atoms with van der Waals surface area (Å²) in [5, 5.41) is 10.3. The average molecular weight is 301 g/mol. The van der Waals surface area contributed by atoms with Gasteiger partial charge in [-0.15, -0.1) is 0 Å². The third-order valence-electron chi connectivity index (χ3n) is 2.00. The molecule has 0 aliphatic rings. The molecule has 0 saturated carbocycles. The lowest BCUT2D eigenvalue weighted by Crippen LogP contribution is -2.43. The van der Waals surface area contributed by atoms with E-state index in [0.29, 0.717) is 0 Å². The second-order valence-corrected chi connectivity index (χ2v) is 4.33. The summed E-state index contributed by atoms with van der Waals surface area (Å²) >= 11 is 3.28. The molecule has 0 radical (unpaired) electrons. The number of carbonyl (C=O) groups excluding carboxylic acids is 2. The maximum absolute atomic E-state index is 11.2. The van der Waals surface area contributed by atoms with Crippen LogP contribution in [0.5, 0.6) is 0 Å². The smallest absolute Gasteiger partial charge is 0.308 e. The van der Waals surface area contributed by atoms with E-state index in [1.807, 2.05) is 12.1 Å². The van der Waals surface area contributed by atoms with Gasteiger partial charge >= 0.3 is 5.97 Å². The van der Waals surface area contributed by atoms with Crippen LogP contribution in [0.15, 0.2) is 28.7 Å². The van der Waals surface area contributed by atoms with Crippen molar-refractivity contribution in [1.82, 2.24) is 0 Å². The highest BCUT2D eigenvalue weighted by atomic mass is 79.9. The highest BCUT2D eigenvalue weighted by Gasteiger charge is 2.11. The topological polar surface area (TPSA) is 92.5 Å². The monoisotopic (exact) mass is 300 g/mol. The molecular weight excluding hydrogens is 290 g/mol. The van der Waals surface area contributed by atoms with Crippen LogP contribution < -0.4 is 10.8 Å². The molecule has 2 N–H and O–H groups in total. The number of halogens is 1. The van der Waals surface area contributed by atoms with Crippen LogP contribution in [0.25, 0.3) is 0 Å². The number of ether oxygens (including phenoxy) is 1. The molecule has 5 nitrogen and oxygen atoms in total. The zero-order valence-corrected chi connectivity index (χ0v) is 10.5. The number of esters is 1. The Hall–Kier alpha value is -1.40. The van der Waals surface area contributed by atoms with E-state index in [1.54, 1.807) is 12.1 Å². The molecular formula is C11H11BrNO4-. The van der Waals surface area contributed by atoms with Gasteiger partial charge in [0.25, 0.3) is 0 Å². The molecule has 0 fully saturated rings. The summed E-state index contributed by atoms with van der Waals surface area (Å²) in [5.74, 6) is -2.13. The zero-order valence-electron chi connectivity index (χ0n) is 8.89. The molecule has 0 spiro atoms. The average Bonchev–Trinajstić information content (AvgIpc) is 2.28. The summed E-state index contributed by atoms with van der Waals surface area (Å²) in [5.41, 5.74) is 5.95. The van der Waals surface area contributed by atoms with Crippen LogP contribution in [0.2, 0.25) is 0 Å². The Kier molecular flexibility index (Phi) is 5.11. The van der Waals surface area contributed by atoms with Crippen molar-refractivity contribution in [1.29, 1.82) is 0 Å². The fourth-order valence-corrected chi connectivity index (χ4v) is 1.33. The van der Waals surface area contributed by atoms with Crippen LogP contribution in [0.4, 0.5) is 0 Å². The Balaban J connectivity index is 2.38. The number of rotatable bonds is 5. The molecule has 0 aliphatic heterocycles. The summed E-state index contributed by atoms with van der Waals surface area (Å²) in [6, 6.07) is 5.88. The van der Waals surface area contributed by atoms with Crippen molar-refractivity contribution in [3.05, 3.63) is 34.3 Å². The second kappa shape index (κ2) is 6.36. The standard InChI is InChI=1S/C11H12BrNO4/c12-8-3-1-7(2-4-8)6-17-10(14)5-9(13)11(15)16/h1-4,9H,5-6,13H2,(H,15,16)/p-1/t9-/m0/s1. The Morgan fingerprint density at radius 1 is 1.35 bits per heavy atom. The predicted octanol–water partition coefficient (Wildman–Crippen LogP) is -0.0404. The van der Waals surface area contributed by atoms with Gasteiger partial charge < -0.3 is 20.4 Å². The highest BCUT2D eigenvalue weighted by molar-refractivity contribution is 9.10. The van der Waals surface area contributed by atoms with Crippen LogP contribution in [0.1, 0.15) is 12.0 Å². The first-order valence-corrected chi connectivity index (χ1v) is 5.65. The lowest BCUT2D eigenvalue weighted by atomic mass is 10.2. The summed E-state index contributed by atoms with van der Waals surface area (Å²) in [6.07, 6.45) is -0.390. The number of carbonyl (C=O) groups is 2. The van der Waals surface area contributed by atoms with Gasteiger partial charge in [0.1, 0.15) is 6.61 Å². The maximum Gasteiger partial charge on any atom is 0.308 e. The van der Waals surface area contributed by atoms with Gasteiger partial charge in [0.2, 0.25) is 0 Å². The predicted molar refractivity (Wildman–Crippen MR) is 61.5 cm³/mol. The molecule has 1 atom stereocenters. The fraction of sp³-hybridized carbons (Fsp3) is 0.273. The normalized spacial score (nSPS) is 11.9. The van der Waals surface area contributed by atoms with Gasteiger partial charge in [-0.25, -0.2) is 0 Å². The van der Waals surface area contributed by atoms with Crippen molar-refractivity contribution in [2.75, 3.05) is 0 Å².